The number of thioether (sulfide) groups is 1. The van der Waals surface area contributed by atoms with E-state index in [1.54, 1.807) is 11.8 Å². The normalized spacial score (nSPS) is 11.7. The highest BCUT2D eigenvalue weighted by Gasteiger charge is 2.06. The third-order valence-electron chi connectivity index (χ3n) is 2.59. The Hall–Kier alpha value is -0.200. The van der Waals surface area contributed by atoms with Crippen LogP contribution in [0.5, 0.6) is 0 Å². The number of hydrogen-bond donors (Lipinski definition) is 0. The second kappa shape index (κ2) is 6.51. The maximum atomic E-state index is 11.5. The summed E-state index contributed by atoms with van der Waals surface area (Å²) in [5.41, 5.74) is 1.43. The Morgan fingerprint density at radius 2 is 1.88 bits per heavy atom. The smallest absolute Gasteiger partial charge is 0.0819 e. The van der Waals surface area contributed by atoms with E-state index in [-0.39, 0.29) is 0 Å². The van der Waals surface area contributed by atoms with Gasteiger partial charge >= 0.3 is 0 Å². The summed E-state index contributed by atoms with van der Waals surface area (Å²) < 4.78 is 11.5. The summed E-state index contributed by atoms with van der Waals surface area (Å²) in [6.07, 6.45) is 6.33. The summed E-state index contributed by atoms with van der Waals surface area (Å²) in [6.45, 7) is 3.76. The molecule has 1 rings (SSSR count). The predicted octanol–water partition coefficient (Wildman–Crippen LogP) is 4.35. The average molecular weight is 256 g/mol. The Balaban J connectivity index is 2.40. The zero-order valence-electron chi connectivity index (χ0n) is 10.4. The quantitative estimate of drug-likeness (QED) is 0.427. The van der Waals surface area contributed by atoms with Crippen LogP contribution < -0.4 is 0 Å². The van der Waals surface area contributed by atoms with Crippen molar-refractivity contribution in [1.29, 1.82) is 0 Å². The van der Waals surface area contributed by atoms with E-state index >= 15 is 0 Å². The van der Waals surface area contributed by atoms with Gasteiger partial charge in [-0.05, 0) is 50.5 Å². The first-order chi connectivity index (χ1) is 7.53. The fraction of sp³-hybridized carbons (Fsp3) is 0.538. The monoisotopic (exact) mass is 256 g/mol. The van der Waals surface area contributed by atoms with Crippen molar-refractivity contribution >= 4 is 18.9 Å². The lowest BCUT2D eigenvalue weighted by Gasteiger charge is -2.08. The van der Waals surface area contributed by atoms with Gasteiger partial charge in [-0.1, -0.05) is 18.2 Å². The molecule has 0 bridgehead atoms. The predicted molar refractivity (Wildman–Crippen MR) is 75.5 cm³/mol. The van der Waals surface area contributed by atoms with Crippen LogP contribution in [0, 0.1) is 0 Å². The van der Waals surface area contributed by atoms with E-state index in [4.69, 9.17) is 0 Å². The first-order valence-electron chi connectivity index (χ1n) is 5.69. The molecule has 0 atom stereocenters. The molecule has 0 aliphatic carbocycles. The lowest BCUT2D eigenvalue weighted by Crippen LogP contribution is -1.92. The second-order valence-electron chi connectivity index (χ2n) is 4.57. The van der Waals surface area contributed by atoms with E-state index in [1.807, 2.05) is 13.3 Å². The lowest BCUT2D eigenvalue weighted by atomic mass is 10.1. The molecule has 0 N–H and O–H groups in total. The summed E-state index contributed by atoms with van der Waals surface area (Å²) in [5.74, 6) is 0. The largest absolute Gasteiger partial charge is 0.324 e. The topological polar surface area (TPSA) is 17.1 Å². The van der Waals surface area contributed by atoms with Crippen LogP contribution in [0.15, 0.2) is 29.2 Å². The molecule has 1 aromatic rings. The van der Waals surface area contributed by atoms with Crippen molar-refractivity contribution in [3.63, 3.8) is 0 Å². The van der Waals surface area contributed by atoms with Gasteiger partial charge in [0.15, 0.2) is 0 Å². The highest BCUT2D eigenvalue weighted by Crippen LogP contribution is 2.37. The molecule has 16 heavy (non-hydrogen) atoms. The Morgan fingerprint density at radius 1 is 1.19 bits per heavy atom. The SMILES string of the molecule is CSc1ccccc1CCCCP(C)(C)=O. The van der Waals surface area contributed by atoms with Crippen LogP contribution in [0.3, 0.4) is 0 Å². The molecule has 0 unspecified atom stereocenters. The maximum Gasteiger partial charge on any atom is 0.0819 e. The number of benzene rings is 1. The first-order valence-corrected chi connectivity index (χ1v) is 9.70. The summed E-state index contributed by atoms with van der Waals surface area (Å²) >= 11 is 1.80. The van der Waals surface area contributed by atoms with E-state index < -0.39 is 7.14 Å². The van der Waals surface area contributed by atoms with Gasteiger partial charge in [0, 0.05) is 11.1 Å². The summed E-state index contributed by atoms with van der Waals surface area (Å²) in [6, 6.07) is 8.55. The van der Waals surface area contributed by atoms with Crippen LogP contribution >= 0.6 is 18.9 Å². The van der Waals surface area contributed by atoms with E-state index in [9.17, 15) is 4.57 Å². The molecule has 0 aromatic heterocycles. The number of hydrogen-bond acceptors (Lipinski definition) is 2. The van der Waals surface area contributed by atoms with Gasteiger partial charge in [0.05, 0.1) is 7.14 Å². The van der Waals surface area contributed by atoms with Gasteiger partial charge in [-0.2, -0.15) is 0 Å². The van der Waals surface area contributed by atoms with Crippen molar-refractivity contribution in [3.05, 3.63) is 29.8 Å². The van der Waals surface area contributed by atoms with Crippen LogP contribution in [0.2, 0.25) is 0 Å². The van der Waals surface area contributed by atoms with Gasteiger partial charge in [-0.25, -0.2) is 0 Å². The van der Waals surface area contributed by atoms with E-state index in [1.165, 1.54) is 10.5 Å². The molecule has 1 nitrogen and oxygen atoms in total. The Labute approximate surface area is 103 Å². The highest BCUT2D eigenvalue weighted by molar-refractivity contribution is 7.98. The summed E-state index contributed by atoms with van der Waals surface area (Å²) in [7, 11) is -1.81. The average Bonchev–Trinajstić information content (AvgIpc) is 2.23. The van der Waals surface area contributed by atoms with E-state index in [0.29, 0.717) is 0 Å². The minimum absolute atomic E-state index is 0.883. The fourth-order valence-electron chi connectivity index (χ4n) is 1.72. The Kier molecular flexibility index (Phi) is 5.64. The molecule has 90 valence electrons. The van der Waals surface area contributed by atoms with E-state index in [0.717, 1.165) is 25.4 Å². The van der Waals surface area contributed by atoms with Crippen LogP contribution in [0.25, 0.3) is 0 Å². The van der Waals surface area contributed by atoms with Crippen molar-refractivity contribution in [3.8, 4) is 0 Å². The molecule has 0 fully saturated rings. The third-order valence-corrected chi connectivity index (χ3v) is 4.82. The summed E-state index contributed by atoms with van der Waals surface area (Å²) in [4.78, 5) is 1.37. The van der Waals surface area contributed by atoms with Crippen LogP contribution in [-0.4, -0.2) is 25.7 Å². The standard InChI is InChI=1S/C13H21OPS/c1-15(2,14)11-7-6-9-12-8-4-5-10-13(12)16-3/h4-5,8,10H,6-7,9,11H2,1-3H3. The molecule has 0 saturated heterocycles. The first kappa shape index (κ1) is 13.9. The van der Waals surface area contributed by atoms with Crippen molar-refractivity contribution < 1.29 is 4.57 Å². The molecule has 0 aliphatic heterocycles. The number of aryl methyl sites for hydroxylation is 1. The van der Waals surface area contributed by atoms with Crippen molar-refractivity contribution in [2.24, 2.45) is 0 Å². The maximum absolute atomic E-state index is 11.5. The van der Waals surface area contributed by atoms with Gasteiger partial charge in [-0.3, -0.25) is 0 Å². The second-order valence-corrected chi connectivity index (χ2v) is 9.01. The fourth-order valence-corrected chi connectivity index (χ4v) is 3.35. The summed E-state index contributed by atoms with van der Waals surface area (Å²) in [5, 5.41) is 0. The lowest BCUT2D eigenvalue weighted by molar-refractivity contribution is 0.579. The minimum Gasteiger partial charge on any atom is -0.324 e. The number of unbranched alkanes of at least 4 members (excludes halogenated alkanes) is 1. The molecule has 0 spiro atoms. The van der Waals surface area contributed by atoms with Gasteiger partial charge in [-0.15, -0.1) is 11.8 Å². The Morgan fingerprint density at radius 3 is 2.50 bits per heavy atom. The molecular weight excluding hydrogens is 235 g/mol. The Bertz CT molecular complexity index is 370. The molecular formula is C13H21OPS. The molecule has 1 aromatic carbocycles. The van der Waals surface area contributed by atoms with Gasteiger partial charge in [0.25, 0.3) is 0 Å². The number of rotatable bonds is 6. The van der Waals surface area contributed by atoms with Crippen molar-refractivity contribution in [2.75, 3.05) is 25.7 Å². The van der Waals surface area contributed by atoms with Crippen molar-refractivity contribution in [2.45, 2.75) is 24.2 Å². The minimum atomic E-state index is -1.81. The van der Waals surface area contributed by atoms with Crippen molar-refractivity contribution in [1.82, 2.24) is 0 Å². The third kappa shape index (κ3) is 5.23. The molecule has 0 heterocycles. The van der Waals surface area contributed by atoms with E-state index in [2.05, 4.69) is 30.5 Å². The van der Waals surface area contributed by atoms with Gasteiger partial charge in [0.1, 0.15) is 0 Å². The molecule has 0 radical (unpaired) electrons. The van der Waals surface area contributed by atoms with Crippen LogP contribution in [0.1, 0.15) is 18.4 Å². The van der Waals surface area contributed by atoms with Gasteiger partial charge in [0.2, 0.25) is 0 Å². The van der Waals surface area contributed by atoms with Crippen LogP contribution in [0.4, 0.5) is 0 Å². The molecule has 3 heteroatoms. The molecule has 0 amide bonds. The molecule has 0 aliphatic rings. The zero-order valence-corrected chi connectivity index (χ0v) is 12.1. The van der Waals surface area contributed by atoms with Gasteiger partial charge < -0.3 is 4.57 Å². The molecule has 0 saturated carbocycles. The zero-order chi connectivity index (χ0) is 12.0. The van der Waals surface area contributed by atoms with Crippen LogP contribution in [-0.2, 0) is 11.0 Å². The highest BCUT2D eigenvalue weighted by atomic mass is 32.2.